The Kier molecular flexibility index (Phi) is 7.66. The number of aromatic nitrogens is 2. The van der Waals surface area contributed by atoms with Gasteiger partial charge in [-0.1, -0.05) is 31.4 Å². The normalized spacial score (nSPS) is 26.6. The molecule has 0 bridgehead atoms. The van der Waals surface area contributed by atoms with Crippen LogP contribution in [0.25, 0.3) is 11.4 Å². The molecule has 0 saturated heterocycles. The zero-order valence-electron chi connectivity index (χ0n) is 18.6. The largest absolute Gasteiger partial charge is 0.416 e. The van der Waals surface area contributed by atoms with Crippen molar-refractivity contribution in [3.8, 4) is 11.4 Å². The molecule has 8 heteroatoms. The van der Waals surface area contributed by atoms with Crippen molar-refractivity contribution in [2.45, 2.75) is 63.3 Å². The number of rotatable bonds is 7. The summed E-state index contributed by atoms with van der Waals surface area (Å²) >= 11 is 0. The number of benzene rings is 1. The van der Waals surface area contributed by atoms with E-state index in [2.05, 4.69) is 15.3 Å². The first kappa shape index (κ1) is 24.1. The van der Waals surface area contributed by atoms with Gasteiger partial charge in [0.25, 0.3) is 0 Å². The first-order valence-electron chi connectivity index (χ1n) is 11.9. The molecule has 1 aromatic carbocycles. The van der Waals surface area contributed by atoms with Crippen molar-refractivity contribution < 1.29 is 23.4 Å². The number of aliphatic hydroxyl groups excluding tert-OH is 2. The van der Waals surface area contributed by atoms with Gasteiger partial charge >= 0.3 is 6.18 Å². The fraction of sp³-hybridized carbons (Fsp3) is 0.600. The molecule has 1 aromatic heterocycles. The number of hydrogen-bond acceptors (Lipinski definition) is 5. The number of halogens is 3. The van der Waals surface area contributed by atoms with Gasteiger partial charge in [0.1, 0.15) is 0 Å². The van der Waals surface area contributed by atoms with E-state index in [0.717, 1.165) is 18.7 Å². The smallest absolute Gasteiger partial charge is 0.396 e. The maximum absolute atomic E-state index is 13.1. The number of nitrogens with zero attached hydrogens (tertiary/aromatic N) is 2. The van der Waals surface area contributed by atoms with Gasteiger partial charge in [-0.15, -0.1) is 0 Å². The molecule has 4 atom stereocenters. The minimum Gasteiger partial charge on any atom is -0.396 e. The van der Waals surface area contributed by atoms with Crippen LogP contribution < -0.4 is 5.32 Å². The fourth-order valence-electron chi connectivity index (χ4n) is 5.41. The molecule has 0 spiro atoms. The second kappa shape index (κ2) is 10.5. The second-order valence-corrected chi connectivity index (χ2v) is 9.49. The van der Waals surface area contributed by atoms with E-state index in [1.807, 2.05) is 0 Å². The SMILES string of the molecule is OC[C@@H]1[C@@H](Cc2ccnc(-c3cccc(C(F)(F)F)c3)n2)[C@H](NCC2CCCCC2)C[C@H]1O. The van der Waals surface area contributed by atoms with Crippen LogP contribution in [0.4, 0.5) is 13.2 Å². The highest BCUT2D eigenvalue weighted by atomic mass is 19.4. The van der Waals surface area contributed by atoms with Crippen molar-refractivity contribution in [2.24, 2.45) is 17.8 Å². The van der Waals surface area contributed by atoms with Crippen LogP contribution in [0.3, 0.4) is 0 Å². The van der Waals surface area contributed by atoms with Gasteiger partial charge in [-0.25, -0.2) is 9.97 Å². The summed E-state index contributed by atoms with van der Waals surface area (Å²) in [5, 5.41) is 24.1. The van der Waals surface area contributed by atoms with Gasteiger partial charge in [-0.05, 0) is 62.3 Å². The summed E-state index contributed by atoms with van der Waals surface area (Å²) in [5.74, 6) is 0.611. The number of nitrogens with one attached hydrogen (secondary N) is 1. The Balaban J connectivity index is 1.50. The summed E-state index contributed by atoms with van der Waals surface area (Å²) in [7, 11) is 0. The molecular formula is C25H32F3N3O2. The molecule has 0 unspecified atom stereocenters. The van der Waals surface area contributed by atoms with Crippen LogP contribution in [0, 0.1) is 17.8 Å². The summed E-state index contributed by atoms with van der Waals surface area (Å²) in [6, 6.07) is 6.83. The zero-order valence-corrected chi connectivity index (χ0v) is 18.6. The molecule has 1 heterocycles. The summed E-state index contributed by atoms with van der Waals surface area (Å²) in [6.07, 6.45) is 3.91. The van der Waals surface area contributed by atoms with Crippen LogP contribution in [-0.2, 0) is 12.6 Å². The lowest BCUT2D eigenvalue weighted by molar-refractivity contribution is -0.137. The molecule has 0 aliphatic heterocycles. The minimum absolute atomic E-state index is 0.0159. The van der Waals surface area contributed by atoms with Gasteiger partial charge in [0, 0.05) is 36.0 Å². The Morgan fingerprint density at radius 2 is 1.85 bits per heavy atom. The number of alkyl halides is 3. The second-order valence-electron chi connectivity index (χ2n) is 9.49. The van der Waals surface area contributed by atoms with E-state index in [0.29, 0.717) is 30.0 Å². The minimum atomic E-state index is -4.43. The summed E-state index contributed by atoms with van der Waals surface area (Å²) in [6.45, 7) is 0.796. The molecule has 4 rings (SSSR count). The van der Waals surface area contributed by atoms with E-state index >= 15 is 0 Å². The third kappa shape index (κ3) is 5.91. The summed E-state index contributed by atoms with van der Waals surface area (Å²) < 4.78 is 39.3. The third-order valence-electron chi connectivity index (χ3n) is 7.27. The Morgan fingerprint density at radius 1 is 1.06 bits per heavy atom. The predicted octanol–water partition coefficient (Wildman–Crippen LogP) is 4.23. The maximum atomic E-state index is 13.1. The monoisotopic (exact) mass is 463 g/mol. The molecule has 2 aromatic rings. The first-order valence-corrected chi connectivity index (χ1v) is 11.9. The molecule has 0 radical (unpaired) electrons. The van der Waals surface area contributed by atoms with Crippen molar-refractivity contribution >= 4 is 0 Å². The van der Waals surface area contributed by atoms with E-state index in [-0.39, 0.29) is 30.3 Å². The standard InChI is InChI=1S/C25H32F3N3O2/c26-25(27,28)18-8-4-7-17(11-18)24-29-10-9-19(31-24)12-20-21(15-32)23(33)13-22(20)30-14-16-5-2-1-3-6-16/h4,7-11,16,20-23,30,32-33H,1-3,5-6,12-15H2/t20-,21-,22-,23-/m1/s1. The van der Waals surface area contributed by atoms with E-state index in [1.165, 1.54) is 38.2 Å². The number of hydrogen-bond donors (Lipinski definition) is 3. The van der Waals surface area contributed by atoms with Crippen molar-refractivity contribution in [3.63, 3.8) is 0 Å². The highest BCUT2D eigenvalue weighted by Crippen LogP contribution is 2.36. The lowest BCUT2D eigenvalue weighted by Crippen LogP contribution is -2.39. The molecule has 33 heavy (non-hydrogen) atoms. The Labute approximate surface area is 192 Å². The van der Waals surface area contributed by atoms with E-state index in [4.69, 9.17) is 0 Å². The number of aliphatic hydroxyl groups is 2. The lowest BCUT2D eigenvalue weighted by Gasteiger charge is -2.28. The maximum Gasteiger partial charge on any atom is 0.416 e. The van der Waals surface area contributed by atoms with Crippen LogP contribution in [-0.4, -0.2) is 45.5 Å². The van der Waals surface area contributed by atoms with Crippen LogP contribution in [0.5, 0.6) is 0 Å². The van der Waals surface area contributed by atoms with Crippen LogP contribution in [0.1, 0.15) is 49.8 Å². The van der Waals surface area contributed by atoms with Crippen molar-refractivity contribution in [1.29, 1.82) is 0 Å². The van der Waals surface area contributed by atoms with Crippen molar-refractivity contribution in [1.82, 2.24) is 15.3 Å². The lowest BCUT2D eigenvalue weighted by atomic mass is 9.87. The van der Waals surface area contributed by atoms with E-state index < -0.39 is 17.8 Å². The first-order chi connectivity index (χ1) is 15.8. The zero-order chi connectivity index (χ0) is 23.4. The quantitative estimate of drug-likeness (QED) is 0.573. The molecular weight excluding hydrogens is 431 g/mol. The van der Waals surface area contributed by atoms with Gasteiger partial charge in [-0.3, -0.25) is 0 Å². The molecule has 2 fully saturated rings. The van der Waals surface area contributed by atoms with Crippen molar-refractivity contribution in [3.05, 3.63) is 47.8 Å². The topological polar surface area (TPSA) is 78.3 Å². The Hall–Kier alpha value is -2.03. The van der Waals surface area contributed by atoms with Crippen LogP contribution in [0.2, 0.25) is 0 Å². The van der Waals surface area contributed by atoms with Gasteiger partial charge < -0.3 is 15.5 Å². The van der Waals surface area contributed by atoms with Gasteiger partial charge in [0.2, 0.25) is 0 Å². The highest BCUT2D eigenvalue weighted by Gasteiger charge is 2.42. The van der Waals surface area contributed by atoms with E-state index in [9.17, 15) is 23.4 Å². The highest BCUT2D eigenvalue weighted by molar-refractivity contribution is 5.56. The Morgan fingerprint density at radius 3 is 2.58 bits per heavy atom. The van der Waals surface area contributed by atoms with Gasteiger partial charge in [-0.2, -0.15) is 13.2 Å². The molecule has 2 aliphatic rings. The van der Waals surface area contributed by atoms with Gasteiger partial charge in [0.15, 0.2) is 5.82 Å². The molecule has 180 valence electrons. The molecule has 2 saturated carbocycles. The molecule has 5 nitrogen and oxygen atoms in total. The molecule has 3 N–H and O–H groups in total. The third-order valence-corrected chi connectivity index (χ3v) is 7.27. The van der Waals surface area contributed by atoms with Gasteiger partial charge in [0.05, 0.1) is 11.7 Å². The van der Waals surface area contributed by atoms with Crippen LogP contribution in [0.15, 0.2) is 36.5 Å². The average Bonchev–Trinajstić information content (AvgIpc) is 3.12. The fourth-order valence-corrected chi connectivity index (χ4v) is 5.41. The Bertz CT molecular complexity index is 918. The van der Waals surface area contributed by atoms with Crippen molar-refractivity contribution in [2.75, 3.05) is 13.2 Å². The summed E-state index contributed by atoms with van der Waals surface area (Å²) in [5.41, 5.74) is 0.267. The average molecular weight is 464 g/mol. The van der Waals surface area contributed by atoms with E-state index in [1.54, 1.807) is 18.3 Å². The van der Waals surface area contributed by atoms with Crippen LogP contribution >= 0.6 is 0 Å². The predicted molar refractivity (Wildman–Crippen MR) is 119 cm³/mol. The molecule has 2 aliphatic carbocycles. The summed E-state index contributed by atoms with van der Waals surface area (Å²) in [4.78, 5) is 8.72. The molecule has 0 amide bonds.